The molecule has 2 aromatic heterocycles. The summed E-state index contributed by atoms with van der Waals surface area (Å²) in [6, 6.07) is 13.3. The number of aromatic nitrogens is 4. The average molecular weight is 308 g/mol. The van der Waals surface area contributed by atoms with Crippen LogP contribution in [0.5, 0.6) is 5.75 Å². The van der Waals surface area contributed by atoms with E-state index >= 15 is 0 Å². The molecule has 1 aromatic carbocycles. The maximum atomic E-state index is 5.13. The van der Waals surface area contributed by atoms with Crippen LogP contribution in [0.3, 0.4) is 0 Å². The van der Waals surface area contributed by atoms with Crippen molar-refractivity contribution in [1.29, 1.82) is 0 Å². The molecule has 0 fully saturated rings. The van der Waals surface area contributed by atoms with Crippen molar-refractivity contribution < 1.29 is 4.74 Å². The van der Waals surface area contributed by atoms with Gasteiger partial charge in [0.15, 0.2) is 5.82 Å². The van der Waals surface area contributed by atoms with Crippen molar-refractivity contribution in [1.82, 2.24) is 20.2 Å². The molecule has 0 aliphatic rings. The van der Waals surface area contributed by atoms with Crippen LogP contribution in [-0.4, -0.2) is 27.3 Å². The van der Waals surface area contributed by atoms with Crippen molar-refractivity contribution in [2.24, 2.45) is 0 Å². The Morgan fingerprint density at radius 3 is 2.70 bits per heavy atom. The first-order valence-corrected chi connectivity index (χ1v) is 7.08. The van der Waals surface area contributed by atoms with Crippen LogP contribution in [0.15, 0.2) is 54.9 Å². The van der Waals surface area contributed by atoms with Crippen LogP contribution in [0.4, 0.5) is 17.5 Å². The van der Waals surface area contributed by atoms with Gasteiger partial charge in [-0.2, -0.15) is 10.1 Å². The van der Waals surface area contributed by atoms with E-state index in [0.717, 1.165) is 17.1 Å². The fourth-order valence-electron chi connectivity index (χ4n) is 1.93. The van der Waals surface area contributed by atoms with Crippen LogP contribution in [-0.2, 0) is 6.54 Å². The molecule has 7 heteroatoms. The highest BCUT2D eigenvalue weighted by atomic mass is 16.5. The highest BCUT2D eigenvalue weighted by Crippen LogP contribution is 2.18. The van der Waals surface area contributed by atoms with Gasteiger partial charge in [-0.3, -0.25) is 4.98 Å². The predicted octanol–water partition coefficient (Wildman–Crippen LogP) is 2.63. The number of pyridine rings is 1. The summed E-state index contributed by atoms with van der Waals surface area (Å²) in [5, 5.41) is 14.2. The minimum Gasteiger partial charge on any atom is -0.497 e. The number of hydrogen-bond donors (Lipinski definition) is 2. The Morgan fingerprint density at radius 1 is 1.09 bits per heavy atom. The average Bonchev–Trinajstić information content (AvgIpc) is 2.62. The van der Waals surface area contributed by atoms with Crippen LogP contribution in [0.2, 0.25) is 0 Å². The summed E-state index contributed by atoms with van der Waals surface area (Å²) in [7, 11) is 1.64. The minimum absolute atomic E-state index is 0.439. The lowest BCUT2D eigenvalue weighted by molar-refractivity contribution is 0.415. The lowest BCUT2D eigenvalue weighted by Crippen LogP contribution is -2.07. The number of methoxy groups -OCH3 is 1. The number of benzene rings is 1. The molecule has 0 radical (unpaired) electrons. The Bertz CT molecular complexity index is 748. The SMILES string of the molecule is COc1ccc(Nc2cnnc(NCc3ccccn3)n2)cc1. The van der Waals surface area contributed by atoms with E-state index in [-0.39, 0.29) is 0 Å². The molecule has 0 atom stereocenters. The molecular formula is C16H16N6O. The Kier molecular flexibility index (Phi) is 4.58. The molecule has 2 heterocycles. The number of ether oxygens (including phenoxy) is 1. The van der Waals surface area contributed by atoms with Crippen molar-refractivity contribution in [3.05, 3.63) is 60.6 Å². The quantitative estimate of drug-likeness (QED) is 0.724. The fourth-order valence-corrected chi connectivity index (χ4v) is 1.93. The minimum atomic E-state index is 0.439. The Balaban J connectivity index is 1.64. The van der Waals surface area contributed by atoms with Gasteiger partial charge >= 0.3 is 0 Å². The molecule has 3 aromatic rings. The first kappa shape index (κ1) is 14.7. The van der Waals surface area contributed by atoms with Gasteiger partial charge in [-0.25, -0.2) is 0 Å². The number of anilines is 3. The third-order valence-corrected chi connectivity index (χ3v) is 3.08. The molecule has 0 saturated heterocycles. The van der Waals surface area contributed by atoms with Crippen molar-refractivity contribution in [2.45, 2.75) is 6.54 Å². The van der Waals surface area contributed by atoms with Crippen LogP contribution in [0, 0.1) is 0 Å². The molecule has 0 aliphatic heterocycles. The summed E-state index contributed by atoms with van der Waals surface area (Å²) in [6.07, 6.45) is 3.31. The molecule has 116 valence electrons. The third kappa shape index (κ3) is 4.13. The molecular weight excluding hydrogens is 292 g/mol. The number of nitrogens with one attached hydrogen (secondary N) is 2. The molecule has 0 bridgehead atoms. The third-order valence-electron chi connectivity index (χ3n) is 3.08. The van der Waals surface area contributed by atoms with Crippen LogP contribution in [0.25, 0.3) is 0 Å². The van der Waals surface area contributed by atoms with E-state index in [1.807, 2.05) is 42.5 Å². The summed E-state index contributed by atoms with van der Waals surface area (Å²) in [5.74, 6) is 1.84. The molecule has 7 nitrogen and oxygen atoms in total. The van der Waals surface area contributed by atoms with Gasteiger partial charge in [0.25, 0.3) is 0 Å². The van der Waals surface area contributed by atoms with E-state index in [9.17, 15) is 0 Å². The van der Waals surface area contributed by atoms with Gasteiger partial charge in [-0.1, -0.05) is 6.07 Å². The fraction of sp³-hybridized carbons (Fsp3) is 0.125. The van der Waals surface area contributed by atoms with Crippen molar-refractivity contribution in [3.8, 4) is 5.75 Å². The van der Waals surface area contributed by atoms with Gasteiger partial charge in [-0.15, -0.1) is 5.10 Å². The van der Waals surface area contributed by atoms with E-state index in [2.05, 4.69) is 30.8 Å². The standard InChI is InChI=1S/C16H16N6O/c1-23-14-7-5-12(6-8-14)20-15-11-19-22-16(21-15)18-10-13-4-2-3-9-17-13/h2-9,11H,10H2,1H3,(H2,18,20,21,22). The second-order valence-corrected chi connectivity index (χ2v) is 4.69. The van der Waals surface area contributed by atoms with E-state index < -0.39 is 0 Å². The summed E-state index contributed by atoms with van der Waals surface area (Å²) in [6.45, 7) is 0.536. The summed E-state index contributed by atoms with van der Waals surface area (Å²) in [4.78, 5) is 8.61. The van der Waals surface area contributed by atoms with Crippen molar-refractivity contribution in [3.63, 3.8) is 0 Å². The van der Waals surface area contributed by atoms with E-state index in [1.165, 1.54) is 0 Å². The maximum absolute atomic E-state index is 5.13. The van der Waals surface area contributed by atoms with Gasteiger partial charge < -0.3 is 15.4 Å². The first-order valence-electron chi connectivity index (χ1n) is 7.08. The molecule has 0 unspecified atom stereocenters. The molecule has 0 spiro atoms. The highest BCUT2D eigenvalue weighted by Gasteiger charge is 2.02. The maximum Gasteiger partial charge on any atom is 0.245 e. The van der Waals surface area contributed by atoms with Gasteiger partial charge in [-0.05, 0) is 36.4 Å². The predicted molar refractivity (Wildman–Crippen MR) is 87.7 cm³/mol. The number of nitrogens with zero attached hydrogens (tertiary/aromatic N) is 4. The molecule has 23 heavy (non-hydrogen) atoms. The first-order chi connectivity index (χ1) is 11.3. The molecule has 3 rings (SSSR count). The lowest BCUT2D eigenvalue weighted by atomic mass is 10.3. The van der Waals surface area contributed by atoms with E-state index in [1.54, 1.807) is 19.5 Å². The smallest absolute Gasteiger partial charge is 0.245 e. The molecule has 0 amide bonds. The molecule has 0 aliphatic carbocycles. The van der Waals surface area contributed by atoms with Crippen LogP contribution >= 0.6 is 0 Å². The monoisotopic (exact) mass is 308 g/mol. The number of hydrogen-bond acceptors (Lipinski definition) is 7. The largest absolute Gasteiger partial charge is 0.497 e. The van der Waals surface area contributed by atoms with Gasteiger partial charge in [0.05, 0.1) is 25.5 Å². The van der Waals surface area contributed by atoms with Gasteiger partial charge in [0, 0.05) is 11.9 Å². The van der Waals surface area contributed by atoms with Gasteiger partial charge in [0.1, 0.15) is 5.75 Å². The molecule has 2 N–H and O–H groups in total. The zero-order valence-corrected chi connectivity index (χ0v) is 12.6. The van der Waals surface area contributed by atoms with E-state index in [0.29, 0.717) is 18.3 Å². The lowest BCUT2D eigenvalue weighted by Gasteiger charge is -2.08. The van der Waals surface area contributed by atoms with E-state index in [4.69, 9.17) is 4.74 Å². The van der Waals surface area contributed by atoms with Crippen molar-refractivity contribution >= 4 is 17.5 Å². The van der Waals surface area contributed by atoms with Crippen LogP contribution < -0.4 is 15.4 Å². The summed E-state index contributed by atoms with van der Waals surface area (Å²) >= 11 is 0. The Morgan fingerprint density at radius 2 is 1.96 bits per heavy atom. The zero-order valence-electron chi connectivity index (χ0n) is 12.6. The Labute approximate surface area is 133 Å². The second kappa shape index (κ2) is 7.17. The topological polar surface area (TPSA) is 84.9 Å². The summed E-state index contributed by atoms with van der Waals surface area (Å²) < 4.78 is 5.13. The number of rotatable bonds is 6. The van der Waals surface area contributed by atoms with Gasteiger partial charge in [0.2, 0.25) is 5.95 Å². The zero-order chi connectivity index (χ0) is 15.9. The van der Waals surface area contributed by atoms with Crippen molar-refractivity contribution in [2.75, 3.05) is 17.7 Å². The highest BCUT2D eigenvalue weighted by molar-refractivity contribution is 5.57. The second-order valence-electron chi connectivity index (χ2n) is 4.69. The Hall–Kier alpha value is -3.22. The summed E-state index contributed by atoms with van der Waals surface area (Å²) in [5.41, 5.74) is 1.80. The molecule has 0 saturated carbocycles. The van der Waals surface area contributed by atoms with Crippen LogP contribution in [0.1, 0.15) is 5.69 Å². The normalized spacial score (nSPS) is 10.1.